The van der Waals surface area contributed by atoms with Crippen molar-refractivity contribution < 1.29 is 4.79 Å². The second-order valence-corrected chi connectivity index (χ2v) is 3.91. The van der Waals surface area contributed by atoms with Crippen LogP contribution in [0.25, 0.3) is 0 Å². The number of carbonyl (C=O) groups is 1. The Morgan fingerprint density at radius 3 is 2.93 bits per heavy atom. The van der Waals surface area contributed by atoms with Crippen LogP contribution in [0, 0.1) is 0 Å². The number of carbonyl (C=O) groups excluding carboxylic acids is 1. The summed E-state index contributed by atoms with van der Waals surface area (Å²) < 4.78 is 0. The van der Waals surface area contributed by atoms with Crippen LogP contribution < -0.4 is 5.32 Å². The number of nitrogens with one attached hydrogen (secondary N) is 1. The van der Waals surface area contributed by atoms with Crippen molar-refractivity contribution >= 4 is 5.78 Å². The third kappa shape index (κ3) is 2.27. The number of hydrogen-bond acceptors (Lipinski definition) is 2. The summed E-state index contributed by atoms with van der Waals surface area (Å²) in [6.07, 6.45) is 14.0. The van der Waals surface area contributed by atoms with E-state index in [9.17, 15) is 4.79 Å². The van der Waals surface area contributed by atoms with Gasteiger partial charge in [-0.2, -0.15) is 0 Å². The first-order valence-electron chi connectivity index (χ1n) is 5.26. The van der Waals surface area contributed by atoms with Crippen LogP contribution >= 0.6 is 0 Å². The quantitative estimate of drug-likeness (QED) is 0.705. The highest BCUT2D eigenvalue weighted by atomic mass is 16.1. The molecular formula is C13H15NO. The summed E-state index contributed by atoms with van der Waals surface area (Å²) in [5.74, 6) is 0.215. The highest BCUT2D eigenvalue weighted by molar-refractivity contribution is 5.83. The van der Waals surface area contributed by atoms with Crippen molar-refractivity contribution in [3.63, 3.8) is 0 Å². The molecule has 1 heterocycles. The van der Waals surface area contributed by atoms with Crippen LogP contribution in [0.3, 0.4) is 0 Å². The molecule has 1 aliphatic heterocycles. The lowest BCUT2D eigenvalue weighted by Crippen LogP contribution is -2.29. The molecule has 0 amide bonds. The summed E-state index contributed by atoms with van der Waals surface area (Å²) in [6, 6.07) is -0.0172. The van der Waals surface area contributed by atoms with E-state index in [0.717, 1.165) is 18.5 Å². The Hall–Kier alpha value is -1.57. The van der Waals surface area contributed by atoms with E-state index in [1.54, 1.807) is 6.92 Å². The third-order valence-electron chi connectivity index (χ3n) is 2.75. The van der Waals surface area contributed by atoms with Crippen molar-refractivity contribution in [3.8, 4) is 0 Å². The summed E-state index contributed by atoms with van der Waals surface area (Å²) in [5, 5.41) is 3.26. The number of hydrogen-bond donors (Lipinski definition) is 1. The first-order chi connectivity index (χ1) is 7.27. The van der Waals surface area contributed by atoms with Gasteiger partial charge in [0, 0.05) is 5.70 Å². The minimum Gasteiger partial charge on any atom is -0.375 e. The number of allylic oxidation sites excluding steroid dienone is 6. The summed E-state index contributed by atoms with van der Waals surface area (Å²) in [4.78, 5) is 11.3. The van der Waals surface area contributed by atoms with Gasteiger partial charge < -0.3 is 5.32 Å². The first kappa shape index (κ1) is 9.97. The van der Waals surface area contributed by atoms with Gasteiger partial charge in [0.15, 0.2) is 5.78 Å². The normalized spacial score (nSPS) is 28.5. The van der Waals surface area contributed by atoms with Crippen LogP contribution in [0.1, 0.15) is 19.8 Å². The molecule has 78 valence electrons. The van der Waals surface area contributed by atoms with Gasteiger partial charge in [-0.25, -0.2) is 0 Å². The topological polar surface area (TPSA) is 29.1 Å². The van der Waals surface area contributed by atoms with E-state index >= 15 is 0 Å². The van der Waals surface area contributed by atoms with Gasteiger partial charge in [0.2, 0.25) is 0 Å². The average Bonchev–Trinajstić information content (AvgIpc) is 2.61. The maximum Gasteiger partial charge on any atom is 0.152 e. The average molecular weight is 201 g/mol. The zero-order chi connectivity index (χ0) is 10.7. The Morgan fingerprint density at radius 2 is 2.13 bits per heavy atom. The molecule has 0 saturated heterocycles. The minimum absolute atomic E-state index is 0.0172. The first-order valence-corrected chi connectivity index (χ1v) is 5.26. The molecule has 2 rings (SSSR count). The fourth-order valence-corrected chi connectivity index (χ4v) is 1.87. The Morgan fingerprint density at radius 1 is 1.33 bits per heavy atom. The molecule has 0 aromatic rings. The van der Waals surface area contributed by atoms with Gasteiger partial charge in [0.25, 0.3) is 0 Å². The SMILES string of the molecule is CC(=O)C1CC2=C(C=C/C=C\C=C/C2)N1. The van der Waals surface area contributed by atoms with Gasteiger partial charge in [0.1, 0.15) is 0 Å². The van der Waals surface area contributed by atoms with Crippen molar-refractivity contribution in [1.29, 1.82) is 0 Å². The van der Waals surface area contributed by atoms with Crippen LogP contribution in [0.4, 0.5) is 0 Å². The lowest BCUT2D eigenvalue weighted by Gasteiger charge is -2.06. The molecule has 2 nitrogen and oxygen atoms in total. The van der Waals surface area contributed by atoms with Crippen LogP contribution in [-0.4, -0.2) is 11.8 Å². The molecule has 15 heavy (non-hydrogen) atoms. The lowest BCUT2D eigenvalue weighted by molar-refractivity contribution is -0.118. The number of ketones is 1. The van der Waals surface area contributed by atoms with Crippen LogP contribution in [-0.2, 0) is 4.79 Å². The molecule has 1 unspecified atom stereocenters. The van der Waals surface area contributed by atoms with Gasteiger partial charge in [-0.15, -0.1) is 0 Å². The van der Waals surface area contributed by atoms with Crippen LogP contribution in [0.15, 0.2) is 47.7 Å². The van der Waals surface area contributed by atoms with Gasteiger partial charge in [-0.05, 0) is 31.4 Å². The summed E-state index contributed by atoms with van der Waals surface area (Å²) >= 11 is 0. The fourth-order valence-electron chi connectivity index (χ4n) is 1.87. The Labute approximate surface area is 90.1 Å². The van der Waals surface area contributed by atoms with Crippen molar-refractivity contribution in [2.24, 2.45) is 0 Å². The maximum absolute atomic E-state index is 11.3. The Kier molecular flexibility index (Phi) is 2.86. The molecule has 0 aromatic heterocycles. The zero-order valence-electron chi connectivity index (χ0n) is 8.86. The van der Waals surface area contributed by atoms with E-state index in [4.69, 9.17) is 0 Å². The molecule has 1 atom stereocenters. The smallest absolute Gasteiger partial charge is 0.152 e. The molecule has 1 aliphatic carbocycles. The highest BCUT2D eigenvalue weighted by Gasteiger charge is 2.24. The Balaban J connectivity index is 2.19. The monoisotopic (exact) mass is 201 g/mol. The van der Waals surface area contributed by atoms with E-state index in [-0.39, 0.29) is 11.8 Å². The third-order valence-corrected chi connectivity index (χ3v) is 2.75. The molecule has 0 aromatic carbocycles. The second-order valence-electron chi connectivity index (χ2n) is 3.91. The molecule has 0 bridgehead atoms. The predicted molar refractivity (Wildman–Crippen MR) is 61.3 cm³/mol. The van der Waals surface area contributed by atoms with Crippen molar-refractivity contribution in [1.82, 2.24) is 5.32 Å². The maximum atomic E-state index is 11.3. The molecule has 2 aliphatic rings. The summed E-state index contributed by atoms with van der Waals surface area (Å²) in [6.45, 7) is 1.64. The largest absolute Gasteiger partial charge is 0.375 e. The molecule has 0 fully saturated rings. The number of Topliss-reactive ketones (excluding diaryl/α,β-unsaturated/α-hetero) is 1. The van der Waals surface area contributed by atoms with Crippen molar-refractivity contribution in [2.45, 2.75) is 25.8 Å². The summed E-state index contributed by atoms with van der Waals surface area (Å²) in [5.41, 5.74) is 2.44. The van der Waals surface area contributed by atoms with E-state index in [1.807, 2.05) is 30.4 Å². The zero-order valence-corrected chi connectivity index (χ0v) is 8.86. The van der Waals surface area contributed by atoms with Crippen molar-refractivity contribution in [3.05, 3.63) is 47.7 Å². The van der Waals surface area contributed by atoms with E-state index in [0.29, 0.717) is 0 Å². The minimum atomic E-state index is -0.0172. The van der Waals surface area contributed by atoms with Gasteiger partial charge >= 0.3 is 0 Å². The van der Waals surface area contributed by atoms with Crippen LogP contribution in [0.2, 0.25) is 0 Å². The molecular weight excluding hydrogens is 186 g/mol. The molecule has 0 saturated carbocycles. The molecule has 0 radical (unpaired) electrons. The van der Waals surface area contributed by atoms with E-state index in [1.165, 1.54) is 5.57 Å². The second kappa shape index (κ2) is 4.30. The lowest BCUT2D eigenvalue weighted by atomic mass is 10.0. The molecule has 1 N–H and O–H groups in total. The summed E-state index contributed by atoms with van der Waals surface area (Å²) in [7, 11) is 0. The Bertz CT molecular complexity index is 385. The highest BCUT2D eigenvalue weighted by Crippen LogP contribution is 2.24. The van der Waals surface area contributed by atoms with Crippen LogP contribution in [0.5, 0.6) is 0 Å². The van der Waals surface area contributed by atoms with Crippen molar-refractivity contribution in [2.75, 3.05) is 0 Å². The van der Waals surface area contributed by atoms with E-state index < -0.39 is 0 Å². The standard InChI is InChI=1S/C13H15NO/c1-10(15)13-9-11-7-5-3-2-4-6-8-12(11)14-13/h2-6,8,13-14H,7,9H2,1H3/b4-2-,5-3-,8-6?. The number of rotatable bonds is 1. The fraction of sp³-hybridized carbons (Fsp3) is 0.308. The van der Waals surface area contributed by atoms with Gasteiger partial charge in [0.05, 0.1) is 6.04 Å². The molecule has 0 spiro atoms. The predicted octanol–water partition coefficient (Wildman–Crippen LogP) is 2.26. The molecule has 2 heteroatoms. The van der Waals surface area contributed by atoms with E-state index in [2.05, 4.69) is 11.4 Å². The van der Waals surface area contributed by atoms with Gasteiger partial charge in [-0.3, -0.25) is 4.79 Å². The van der Waals surface area contributed by atoms with Gasteiger partial charge in [-0.1, -0.05) is 30.4 Å².